The fourth-order valence-corrected chi connectivity index (χ4v) is 5.74. The number of rotatable bonds is 22. The summed E-state index contributed by atoms with van der Waals surface area (Å²) in [5, 5.41) is 10.1. The molecule has 0 saturated carbocycles. The fourth-order valence-electron chi connectivity index (χ4n) is 5.74. The third-order valence-corrected chi connectivity index (χ3v) is 7.40. The summed E-state index contributed by atoms with van der Waals surface area (Å²) in [5.41, 5.74) is -1.79. The van der Waals surface area contributed by atoms with E-state index < -0.39 is 22.9 Å². The maximum absolute atomic E-state index is 10.1. The van der Waals surface area contributed by atoms with Crippen LogP contribution in [0, 0.1) is 17.3 Å². The maximum atomic E-state index is 10.1. The molecule has 0 aliphatic rings. The van der Waals surface area contributed by atoms with Gasteiger partial charge in [0.25, 0.3) is 0 Å². The first-order valence-corrected chi connectivity index (χ1v) is 14.7. The molecule has 0 rings (SSSR count). The summed E-state index contributed by atoms with van der Waals surface area (Å²) in [7, 11) is 0. The Hall–Kier alpha value is -0.720. The molecule has 0 spiro atoms. The molecule has 0 fully saturated rings. The Balaban J connectivity index is 6.53. The fraction of sp³-hybridized carbons (Fsp3) is 0.879. The van der Waals surface area contributed by atoms with Gasteiger partial charge in [0, 0.05) is 12.5 Å². The van der Waals surface area contributed by atoms with Crippen molar-refractivity contribution in [1.82, 2.24) is 0 Å². The third-order valence-electron chi connectivity index (χ3n) is 7.40. The van der Waals surface area contributed by atoms with Gasteiger partial charge in [-0.15, -0.1) is 13.2 Å². The van der Waals surface area contributed by atoms with Crippen LogP contribution >= 0.6 is 0 Å². The lowest BCUT2D eigenvalue weighted by Gasteiger charge is -2.50. The zero-order valence-electron chi connectivity index (χ0n) is 27.2. The van der Waals surface area contributed by atoms with Crippen molar-refractivity contribution in [1.29, 1.82) is 0 Å². The van der Waals surface area contributed by atoms with Gasteiger partial charge in [0.2, 0.25) is 0 Å². The minimum absolute atomic E-state index is 0.0544. The van der Waals surface area contributed by atoms with Crippen LogP contribution in [0.2, 0.25) is 0 Å². The number of hydrogen-bond donors (Lipinski definition) is 1. The van der Waals surface area contributed by atoms with E-state index in [2.05, 4.69) is 82.4 Å². The van der Waals surface area contributed by atoms with Crippen LogP contribution in [-0.2, 0) is 18.9 Å². The summed E-state index contributed by atoms with van der Waals surface area (Å²) in [6.45, 7) is 35.7. The Morgan fingerprint density at radius 2 is 0.974 bits per heavy atom. The van der Waals surface area contributed by atoms with Crippen LogP contribution in [0.4, 0.5) is 0 Å². The molecule has 3 unspecified atom stereocenters. The van der Waals surface area contributed by atoms with Gasteiger partial charge in [0.15, 0.2) is 0 Å². The number of ether oxygens (including phenoxy) is 4. The molecular formula is C33H64O5. The molecule has 0 bridgehead atoms. The highest BCUT2D eigenvalue weighted by molar-refractivity contribution is 4.99. The molecule has 1 N–H and O–H groups in total. The molecule has 38 heavy (non-hydrogen) atoms. The molecule has 0 aromatic heterocycles. The first-order chi connectivity index (χ1) is 17.2. The lowest BCUT2D eigenvalue weighted by atomic mass is 9.62. The first kappa shape index (κ1) is 37.3. The van der Waals surface area contributed by atoms with E-state index in [0.717, 1.165) is 38.7 Å². The maximum Gasteiger partial charge on any atom is 0.0652 e. The lowest BCUT2D eigenvalue weighted by Crippen LogP contribution is -2.48. The summed E-state index contributed by atoms with van der Waals surface area (Å²) >= 11 is 0. The minimum Gasteiger partial charge on any atom is -0.393 e. The summed E-state index contributed by atoms with van der Waals surface area (Å²) < 4.78 is 25.7. The predicted molar refractivity (Wildman–Crippen MR) is 162 cm³/mol. The van der Waals surface area contributed by atoms with Crippen LogP contribution in [0.5, 0.6) is 0 Å². The molecule has 0 aromatic rings. The topological polar surface area (TPSA) is 57.2 Å². The Labute approximate surface area is 236 Å². The molecular weight excluding hydrogens is 476 g/mol. The summed E-state index contributed by atoms with van der Waals surface area (Å²) in [6.07, 6.45) is 7.54. The van der Waals surface area contributed by atoms with Crippen LogP contribution in [0.15, 0.2) is 25.3 Å². The van der Waals surface area contributed by atoms with Crippen molar-refractivity contribution in [3.8, 4) is 0 Å². The predicted octanol–water partition coefficient (Wildman–Crippen LogP) is 8.15. The largest absolute Gasteiger partial charge is 0.393 e. The SMILES string of the molecule is C=CCOC(C)(C)CC(CC(C)(C)OCC=C)(CC(C)(C)OCC(C)CC)CC(C)(C)OCC(C)C(C)O. The van der Waals surface area contributed by atoms with Crippen LogP contribution in [-0.4, -0.2) is 60.0 Å². The van der Waals surface area contributed by atoms with Crippen LogP contribution in [0.1, 0.15) is 115 Å². The van der Waals surface area contributed by atoms with Gasteiger partial charge in [0.1, 0.15) is 0 Å². The number of aliphatic hydroxyl groups excluding tert-OH is 1. The van der Waals surface area contributed by atoms with Crippen molar-refractivity contribution < 1.29 is 24.1 Å². The molecule has 0 radical (unpaired) electrons. The van der Waals surface area contributed by atoms with E-state index in [9.17, 15) is 5.11 Å². The molecule has 0 aliphatic heterocycles. The van der Waals surface area contributed by atoms with Crippen molar-refractivity contribution in [2.45, 2.75) is 144 Å². The average molecular weight is 541 g/mol. The molecule has 5 heteroatoms. The van der Waals surface area contributed by atoms with Crippen molar-refractivity contribution in [3.05, 3.63) is 25.3 Å². The summed E-state index contributed by atoms with van der Waals surface area (Å²) in [4.78, 5) is 0. The average Bonchev–Trinajstić information content (AvgIpc) is 2.76. The van der Waals surface area contributed by atoms with Crippen LogP contribution in [0.25, 0.3) is 0 Å². The number of aliphatic hydroxyl groups is 1. The highest BCUT2D eigenvalue weighted by atomic mass is 16.5. The number of hydrogen-bond acceptors (Lipinski definition) is 5. The zero-order chi connectivity index (χ0) is 29.8. The van der Waals surface area contributed by atoms with E-state index in [-0.39, 0.29) is 16.9 Å². The molecule has 0 saturated heterocycles. The Bertz CT molecular complexity index is 651. The molecule has 226 valence electrons. The van der Waals surface area contributed by atoms with Crippen molar-refractivity contribution in [2.24, 2.45) is 17.3 Å². The van der Waals surface area contributed by atoms with Gasteiger partial charge in [-0.1, -0.05) is 39.3 Å². The highest BCUT2D eigenvalue weighted by Gasteiger charge is 2.48. The quantitative estimate of drug-likeness (QED) is 0.140. The monoisotopic (exact) mass is 540 g/mol. The van der Waals surface area contributed by atoms with Gasteiger partial charge in [-0.05, 0) is 99.3 Å². The van der Waals surface area contributed by atoms with E-state index in [0.29, 0.717) is 25.7 Å². The third kappa shape index (κ3) is 15.8. The smallest absolute Gasteiger partial charge is 0.0652 e. The van der Waals surface area contributed by atoms with Gasteiger partial charge in [0.05, 0.1) is 48.3 Å². The van der Waals surface area contributed by atoms with E-state index in [1.807, 2.05) is 26.0 Å². The zero-order valence-corrected chi connectivity index (χ0v) is 27.2. The minimum atomic E-state index is -0.432. The van der Waals surface area contributed by atoms with Gasteiger partial charge in [-0.25, -0.2) is 0 Å². The Kier molecular flexibility index (Phi) is 15.6. The van der Waals surface area contributed by atoms with E-state index in [1.54, 1.807) is 0 Å². The highest BCUT2D eigenvalue weighted by Crippen LogP contribution is 2.50. The van der Waals surface area contributed by atoms with Crippen molar-refractivity contribution >= 4 is 0 Å². The van der Waals surface area contributed by atoms with E-state index >= 15 is 0 Å². The van der Waals surface area contributed by atoms with Gasteiger partial charge in [-0.3, -0.25) is 0 Å². The van der Waals surface area contributed by atoms with Gasteiger partial charge >= 0.3 is 0 Å². The molecule has 5 nitrogen and oxygen atoms in total. The normalized spacial score (nSPS) is 16.2. The van der Waals surface area contributed by atoms with E-state index in [4.69, 9.17) is 18.9 Å². The summed E-state index contributed by atoms with van der Waals surface area (Å²) in [5.74, 6) is 0.559. The van der Waals surface area contributed by atoms with Crippen molar-refractivity contribution in [2.75, 3.05) is 26.4 Å². The van der Waals surface area contributed by atoms with Gasteiger partial charge < -0.3 is 24.1 Å². The van der Waals surface area contributed by atoms with Gasteiger partial charge in [-0.2, -0.15) is 0 Å². The second-order valence-electron chi connectivity index (χ2n) is 14.3. The van der Waals surface area contributed by atoms with Crippen LogP contribution < -0.4 is 0 Å². The van der Waals surface area contributed by atoms with Crippen LogP contribution in [0.3, 0.4) is 0 Å². The molecule has 0 amide bonds. The second kappa shape index (κ2) is 15.9. The molecule has 0 aliphatic carbocycles. The Morgan fingerprint density at radius 3 is 1.29 bits per heavy atom. The molecule has 3 atom stereocenters. The molecule has 0 heterocycles. The standard InChI is InChI=1S/C33H64O5/c1-15-18-35-29(7,8)22-33(23-30(9,10)36-19-16-2,24-31(11,12)37-20-26(4)17-3)25-32(13,14)38-21-27(5)28(6)34/h15-16,26-28,34H,1-2,17-25H2,3-14H3. The Morgan fingerprint density at radius 1 is 0.632 bits per heavy atom. The lowest BCUT2D eigenvalue weighted by molar-refractivity contribution is -0.146. The van der Waals surface area contributed by atoms with Crippen molar-refractivity contribution in [3.63, 3.8) is 0 Å². The first-order valence-electron chi connectivity index (χ1n) is 14.7. The summed E-state index contributed by atoms with van der Waals surface area (Å²) in [6, 6.07) is 0. The molecule has 0 aromatic carbocycles. The van der Waals surface area contributed by atoms with E-state index in [1.165, 1.54) is 0 Å². The second-order valence-corrected chi connectivity index (χ2v) is 14.3.